The number of aliphatic hydroxyl groups is 1. The standard InChI is InChI=1S/C21H34N4O/c1-3-22-20(23-16-21(2)13-8-7-11-19(21)26)24-17-12-14-25(15-17)18-9-5-4-6-10-18/h4-6,9-10,17,19,26H,3,7-8,11-16H2,1-2H3,(H2,22,23,24). The second-order valence-electron chi connectivity index (χ2n) is 8.02. The smallest absolute Gasteiger partial charge is 0.191 e. The number of nitrogens with one attached hydrogen (secondary N) is 2. The zero-order valence-electron chi connectivity index (χ0n) is 16.2. The summed E-state index contributed by atoms with van der Waals surface area (Å²) in [5, 5.41) is 17.4. The van der Waals surface area contributed by atoms with E-state index in [1.165, 1.54) is 12.1 Å². The molecule has 3 rings (SSSR count). The summed E-state index contributed by atoms with van der Waals surface area (Å²) >= 11 is 0. The van der Waals surface area contributed by atoms with Gasteiger partial charge in [0.25, 0.3) is 0 Å². The minimum absolute atomic E-state index is 0.0909. The lowest BCUT2D eigenvalue weighted by Crippen LogP contribution is -2.46. The van der Waals surface area contributed by atoms with E-state index in [4.69, 9.17) is 4.99 Å². The highest BCUT2D eigenvalue weighted by atomic mass is 16.3. The minimum atomic E-state index is -0.233. The molecule has 1 aliphatic heterocycles. The monoisotopic (exact) mass is 358 g/mol. The van der Waals surface area contributed by atoms with Crippen molar-refractivity contribution in [2.45, 2.75) is 58.1 Å². The molecule has 1 aliphatic carbocycles. The van der Waals surface area contributed by atoms with Gasteiger partial charge in [0.05, 0.1) is 12.6 Å². The predicted octanol–water partition coefficient (Wildman–Crippen LogP) is 2.76. The largest absolute Gasteiger partial charge is 0.392 e. The van der Waals surface area contributed by atoms with Crippen molar-refractivity contribution in [2.75, 3.05) is 31.1 Å². The molecule has 1 aromatic carbocycles. The maximum absolute atomic E-state index is 10.4. The van der Waals surface area contributed by atoms with Gasteiger partial charge in [0.1, 0.15) is 0 Å². The summed E-state index contributed by atoms with van der Waals surface area (Å²) in [7, 11) is 0. The van der Waals surface area contributed by atoms with E-state index in [0.717, 1.165) is 51.3 Å². The third-order valence-corrected chi connectivity index (χ3v) is 5.87. The Labute approximate surface area is 157 Å². The Morgan fingerprint density at radius 3 is 2.81 bits per heavy atom. The van der Waals surface area contributed by atoms with Crippen LogP contribution in [0.5, 0.6) is 0 Å². The summed E-state index contributed by atoms with van der Waals surface area (Å²) in [6.07, 6.45) is 5.17. The van der Waals surface area contributed by atoms with Gasteiger partial charge in [-0.05, 0) is 38.3 Å². The predicted molar refractivity (Wildman–Crippen MR) is 109 cm³/mol. The van der Waals surface area contributed by atoms with Crippen LogP contribution >= 0.6 is 0 Å². The Hall–Kier alpha value is -1.75. The normalized spacial score (nSPS) is 29.7. The molecule has 144 valence electrons. The number of nitrogens with zero attached hydrogens (tertiary/aromatic N) is 2. The Balaban J connectivity index is 1.58. The maximum atomic E-state index is 10.4. The molecule has 1 saturated heterocycles. The Kier molecular flexibility index (Phi) is 6.41. The first-order chi connectivity index (χ1) is 12.6. The number of aliphatic imine (C=N–C) groups is 1. The molecular weight excluding hydrogens is 324 g/mol. The van der Waals surface area contributed by atoms with Gasteiger partial charge >= 0.3 is 0 Å². The molecule has 26 heavy (non-hydrogen) atoms. The van der Waals surface area contributed by atoms with E-state index >= 15 is 0 Å². The van der Waals surface area contributed by atoms with Crippen LogP contribution in [-0.2, 0) is 0 Å². The molecule has 5 heteroatoms. The fourth-order valence-electron chi connectivity index (χ4n) is 4.09. The van der Waals surface area contributed by atoms with Gasteiger partial charge in [-0.3, -0.25) is 4.99 Å². The third kappa shape index (κ3) is 4.70. The van der Waals surface area contributed by atoms with Crippen LogP contribution in [0.2, 0.25) is 0 Å². The Morgan fingerprint density at radius 1 is 1.27 bits per heavy atom. The Morgan fingerprint density at radius 2 is 2.08 bits per heavy atom. The topological polar surface area (TPSA) is 59.9 Å². The first-order valence-corrected chi connectivity index (χ1v) is 10.1. The second kappa shape index (κ2) is 8.76. The fourth-order valence-corrected chi connectivity index (χ4v) is 4.09. The van der Waals surface area contributed by atoms with Crippen molar-refractivity contribution >= 4 is 11.6 Å². The molecule has 1 heterocycles. The summed E-state index contributed by atoms with van der Waals surface area (Å²) < 4.78 is 0. The first kappa shape index (κ1) is 19.0. The highest BCUT2D eigenvalue weighted by Crippen LogP contribution is 2.36. The number of rotatable bonds is 5. The molecule has 0 amide bonds. The van der Waals surface area contributed by atoms with Crippen molar-refractivity contribution in [2.24, 2.45) is 10.4 Å². The molecule has 0 spiro atoms. The van der Waals surface area contributed by atoms with Gasteiger partial charge in [0.2, 0.25) is 0 Å². The van der Waals surface area contributed by atoms with Gasteiger partial charge in [-0.15, -0.1) is 0 Å². The quantitative estimate of drug-likeness (QED) is 0.560. The van der Waals surface area contributed by atoms with Crippen LogP contribution in [0.25, 0.3) is 0 Å². The number of para-hydroxylation sites is 1. The number of hydrogen-bond acceptors (Lipinski definition) is 3. The molecule has 3 unspecified atom stereocenters. The van der Waals surface area contributed by atoms with Gasteiger partial charge in [-0.2, -0.15) is 0 Å². The first-order valence-electron chi connectivity index (χ1n) is 10.1. The molecule has 0 aromatic heterocycles. The minimum Gasteiger partial charge on any atom is -0.392 e. The van der Waals surface area contributed by atoms with Crippen LogP contribution in [0.4, 0.5) is 5.69 Å². The van der Waals surface area contributed by atoms with Gasteiger partial charge in [-0.25, -0.2) is 0 Å². The van der Waals surface area contributed by atoms with E-state index in [1.54, 1.807) is 0 Å². The summed E-state index contributed by atoms with van der Waals surface area (Å²) in [5.41, 5.74) is 1.20. The number of hydrogen-bond donors (Lipinski definition) is 3. The zero-order chi connectivity index (χ0) is 18.4. The lowest BCUT2D eigenvalue weighted by molar-refractivity contribution is 0.00716. The third-order valence-electron chi connectivity index (χ3n) is 5.87. The summed E-state index contributed by atoms with van der Waals surface area (Å²) in [6, 6.07) is 11.0. The lowest BCUT2D eigenvalue weighted by Gasteiger charge is -2.37. The van der Waals surface area contributed by atoms with Crippen LogP contribution in [0.3, 0.4) is 0 Å². The van der Waals surface area contributed by atoms with E-state index in [-0.39, 0.29) is 11.5 Å². The van der Waals surface area contributed by atoms with Crippen molar-refractivity contribution in [3.63, 3.8) is 0 Å². The molecule has 3 atom stereocenters. The highest BCUT2D eigenvalue weighted by molar-refractivity contribution is 5.80. The van der Waals surface area contributed by atoms with Crippen molar-refractivity contribution in [3.8, 4) is 0 Å². The summed E-state index contributed by atoms with van der Waals surface area (Å²) in [5.74, 6) is 0.881. The van der Waals surface area contributed by atoms with Crippen molar-refractivity contribution < 1.29 is 5.11 Å². The number of anilines is 1. The highest BCUT2D eigenvalue weighted by Gasteiger charge is 2.35. The van der Waals surface area contributed by atoms with Crippen LogP contribution in [0.15, 0.2) is 35.3 Å². The van der Waals surface area contributed by atoms with Gasteiger partial charge in [0.15, 0.2) is 5.96 Å². The molecule has 0 radical (unpaired) electrons. The van der Waals surface area contributed by atoms with Gasteiger partial charge < -0.3 is 20.6 Å². The van der Waals surface area contributed by atoms with E-state index in [2.05, 4.69) is 59.7 Å². The number of guanidine groups is 1. The van der Waals surface area contributed by atoms with Crippen molar-refractivity contribution in [1.82, 2.24) is 10.6 Å². The molecule has 1 saturated carbocycles. The SMILES string of the molecule is CCNC(=NCC1(C)CCCCC1O)NC1CCN(c2ccccc2)C1. The van der Waals surface area contributed by atoms with Crippen LogP contribution < -0.4 is 15.5 Å². The van der Waals surface area contributed by atoms with E-state index in [9.17, 15) is 5.11 Å². The van der Waals surface area contributed by atoms with Gasteiger partial charge in [0, 0.05) is 36.8 Å². The average Bonchev–Trinajstić information content (AvgIpc) is 3.12. The zero-order valence-corrected chi connectivity index (χ0v) is 16.2. The molecule has 3 N–H and O–H groups in total. The maximum Gasteiger partial charge on any atom is 0.191 e. The molecule has 2 fully saturated rings. The van der Waals surface area contributed by atoms with E-state index in [1.807, 2.05) is 0 Å². The van der Waals surface area contributed by atoms with Crippen LogP contribution in [0.1, 0.15) is 46.0 Å². The molecule has 5 nitrogen and oxygen atoms in total. The summed E-state index contributed by atoms with van der Waals surface area (Å²) in [6.45, 7) is 7.86. The molecule has 1 aromatic rings. The molecule has 2 aliphatic rings. The van der Waals surface area contributed by atoms with Crippen molar-refractivity contribution in [1.29, 1.82) is 0 Å². The molecule has 0 bridgehead atoms. The second-order valence-corrected chi connectivity index (χ2v) is 8.02. The molecular formula is C21H34N4O. The number of aliphatic hydroxyl groups excluding tert-OH is 1. The van der Waals surface area contributed by atoms with E-state index < -0.39 is 0 Å². The van der Waals surface area contributed by atoms with Crippen LogP contribution in [-0.4, -0.2) is 49.4 Å². The fraction of sp³-hybridized carbons (Fsp3) is 0.667. The van der Waals surface area contributed by atoms with Crippen LogP contribution in [0, 0.1) is 5.41 Å². The number of benzene rings is 1. The lowest BCUT2D eigenvalue weighted by atomic mass is 9.73. The van der Waals surface area contributed by atoms with Gasteiger partial charge in [-0.1, -0.05) is 38.0 Å². The summed E-state index contributed by atoms with van der Waals surface area (Å²) in [4.78, 5) is 7.26. The van der Waals surface area contributed by atoms with Crippen molar-refractivity contribution in [3.05, 3.63) is 30.3 Å². The van der Waals surface area contributed by atoms with E-state index in [0.29, 0.717) is 12.6 Å². The Bertz CT molecular complexity index is 591. The average molecular weight is 359 g/mol.